The molecule has 3 aromatic carbocycles. The van der Waals surface area contributed by atoms with Crippen LogP contribution in [0.3, 0.4) is 0 Å². The number of thioether (sulfide) groups is 2. The highest BCUT2D eigenvalue weighted by Gasteiger charge is 2.23. The van der Waals surface area contributed by atoms with Crippen LogP contribution in [-0.4, -0.2) is 48.6 Å². The van der Waals surface area contributed by atoms with Crippen molar-refractivity contribution in [1.82, 2.24) is 29.9 Å². The van der Waals surface area contributed by atoms with Gasteiger partial charge >= 0.3 is 0 Å². The maximum atomic E-state index is 13.0. The number of aromatic amines is 2. The van der Waals surface area contributed by atoms with E-state index in [4.69, 9.17) is 0 Å². The van der Waals surface area contributed by atoms with Gasteiger partial charge in [0.25, 0.3) is 0 Å². The predicted octanol–water partition coefficient (Wildman–Crippen LogP) is 7.66. The molecule has 0 atom stereocenters. The molecule has 0 saturated carbocycles. The van der Waals surface area contributed by atoms with Gasteiger partial charge in [0.2, 0.25) is 9.84 Å². The molecule has 2 aliphatic heterocycles. The second kappa shape index (κ2) is 13.3. The Morgan fingerprint density at radius 3 is 1.78 bits per heavy atom. The number of rotatable bonds is 6. The highest BCUT2D eigenvalue weighted by Crippen LogP contribution is 2.37. The average Bonchev–Trinajstić information content (AvgIpc) is 3.89. The minimum Gasteiger partial charge on any atom is -0.340 e. The van der Waals surface area contributed by atoms with Crippen LogP contribution in [0.4, 0.5) is 23.0 Å². The van der Waals surface area contributed by atoms with Gasteiger partial charge in [0.05, 0.1) is 20.3 Å². The van der Waals surface area contributed by atoms with E-state index in [2.05, 4.69) is 56.5 Å². The second-order valence-electron chi connectivity index (χ2n) is 11.7. The molecule has 254 valence electrons. The number of carbonyl (C=O) groups is 2. The minimum absolute atomic E-state index is 0.0556. The fraction of sp³-hybridized carbons (Fsp3) is 0.0857. The Bertz CT molecular complexity index is 2640. The van der Waals surface area contributed by atoms with E-state index < -0.39 is 9.84 Å². The number of anilines is 4. The Morgan fingerprint density at radius 2 is 1.22 bits per heavy atom. The van der Waals surface area contributed by atoms with E-state index in [9.17, 15) is 18.0 Å². The van der Waals surface area contributed by atoms with Crippen LogP contribution in [0, 0.1) is 6.92 Å². The van der Waals surface area contributed by atoms with Gasteiger partial charge in [-0.15, -0.1) is 0 Å². The number of aryl methyl sites for hydroxylation is 1. The Balaban J connectivity index is 0.000000156. The first kappa shape index (κ1) is 33.1. The molecule has 51 heavy (non-hydrogen) atoms. The van der Waals surface area contributed by atoms with Gasteiger partial charge in [0.1, 0.15) is 40.6 Å². The molecule has 0 saturated heterocycles. The van der Waals surface area contributed by atoms with Crippen LogP contribution in [0.15, 0.2) is 110 Å². The van der Waals surface area contributed by atoms with Crippen molar-refractivity contribution in [2.75, 3.05) is 10.6 Å². The number of nitrogens with zero attached hydrogens (tertiary/aromatic N) is 4. The number of hydrogen-bond acceptors (Lipinski definition) is 12. The molecule has 0 unspecified atom stereocenters. The highest BCUT2D eigenvalue weighted by molar-refractivity contribution is 9.10. The van der Waals surface area contributed by atoms with Crippen molar-refractivity contribution in [3.63, 3.8) is 0 Å². The van der Waals surface area contributed by atoms with Gasteiger partial charge in [-0.1, -0.05) is 53.4 Å². The van der Waals surface area contributed by atoms with Gasteiger partial charge in [0, 0.05) is 34.0 Å². The molecule has 4 aromatic heterocycles. The molecule has 2 aliphatic rings. The van der Waals surface area contributed by atoms with Crippen LogP contribution >= 0.6 is 39.5 Å². The molecule has 0 aliphatic carbocycles. The average molecular weight is 798 g/mol. The molecule has 12 nitrogen and oxygen atoms in total. The Morgan fingerprint density at radius 1 is 0.686 bits per heavy atom. The van der Waals surface area contributed by atoms with Gasteiger partial charge in [0.15, 0.2) is 10.2 Å². The zero-order valence-corrected chi connectivity index (χ0v) is 30.6. The molecular weight excluding hydrogens is 773 g/mol. The topological polar surface area (TPSA) is 175 Å². The molecule has 0 spiro atoms. The first-order chi connectivity index (χ1) is 24.6. The van der Waals surface area contributed by atoms with Crippen LogP contribution in [-0.2, 0) is 32.3 Å². The van der Waals surface area contributed by atoms with Crippen molar-refractivity contribution in [3.8, 4) is 0 Å². The summed E-state index contributed by atoms with van der Waals surface area (Å²) < 4.78 is 26.9. The number of nitrogens with one attached hydrogen (secondary N) is 4. The molecule has 0 amide bonds. The molecule has 9 rings (SSSR count). The number of aromatic nitrogens is 6. The van der Waals surface area contributed by atoms with Crippen molar-refractivity contribution < 1.29 is 18.0 Å². The summed E-state index contributed by atoms with van der Waals surface area (Å²) in [7, 11) is -3.71. The van der Waals surface area contributed by atoms with Crippen LogP contribution in [0.5, 0.6) is 0 Å². The summed E-state index contributed by atoms with van der Waals surface area (Å²) in [4.78, 5) is 48.2. The van der Waals surface area contributed by atoms with E-state index in [1.807, 2.05) is 49.4 Å². The molecule has 0 fully saturated rings. The van der Waals surface area contributed by atoms with Crippen molar-refractivity contribution in [2.45, 2.75) is 39.5 Å². The largest absolute Gasteiger partial charge is 0.340 e. The summed E-state index contributed by atoms with van der Waals surface area (Å²) in [6, 6.07) is 21.8. The van der Waals surface area contributed by atoms with E-state index in [1.165, 1.54) is 36.2 Å². The van der Waals surface area contributed by atoms with Gasteiger partial charge in [-0.25, -0.2) is 28.4 Å². The zero-order chi connectivity index (χ0) is 35.3. The summed E-state index contributed by atoms with van der Waals surface area (Å²) in [5, 5.41) is 8.35. The van der Waals surface area contributed by atoms with E-state index in [-0.39, 0.29) is 20.2 Å². The third kappa shape index (κ3) is 6.74. The Kier molecular flexibility index (Phi) is 8.62. The van der Waals surface area contributed by atoms with E-state index in [1.54, 1.807) is 30.3 Å². The van der Waals surface area contributed by atoms with E-state index in [0.29, 0.717) is 29.7 Å². The summed E-state index contributed by atoms with van der Waals surface area (Å²) in [6.45, 7) is 1.90. The number of benzene rings is 3. The molecular formula is C35H25BrN8O4S3. The van der Waals surface area contributed by atoms with Crippen LogP contribution < -0.4 is 10.6 Å². The number of fused-ring (bicyclic) bond motifs is 4. The van der Waals surface area contributed by atoms with Gasteiger partial charge in [-0.05, 0) is 82.5 Å². The van der Waals surface area contributed by atoms with Gasteiger partial charge in [-0.3, -0.25) is 9.59 Å². The summed E-state index contributed by atoms with van der Waals surface area (Å²) >= 11 is 5.93. The lowest BCUT2D eigenvalue weighted by atomic mass is 10.1. The molecule has 0 bridgehead atoms. The van der Waals surface area contributed by atoms with Crippen LogP contribution in [0.1, 0.15) is 16.7 Å². The summed E-state index contributed by atoms with van der Waals surface area (Å²) in [5.41, 5.74) is 5.95. The number of carbonyl (C=O) groups excluding carboxylic acids is 2. The quantitative estimate of drug-likeness (QED) is 0.130. The second-order valence-corrected chi connectivity index (χ2v) is 16.7. The molecule has 16 heteroatoms. The zero-order valence-electron chi connectivity index (χ0n) is 26.5. The third-order valence-corrected chi connectivity index (χ3v) is 12.3. The predicted molar refractivity (Wildman–Crippen MR) is 201 cm³/mol. The number of halogens is 1. The minimum atomic E-state index is -3.71. The van der Waals surface area contributed by atoms with Crippen LogP contribution in [0.2, 0.25) is 0 Å². The maximum absolute atomic E-state index is 13.0. The summed E-state index contributed by atoms with van der Waals surface area (Å²) in [6.07, 6.45) is 3.84. The van der Waals surface area contributed by atoms with Crippen LogP contribution in [0.25, 0.3) is 22.1 Å². The normalized spacial score (nSPS) is 13.6. The van der Waals surface area contributed by atoms with Gasteiger partial charge in [-0.2, -0.15) is 0 Å². The highest BCUT2D eigenvalue weighted by atomic mass is 79.9. The number of H-pyrrole nitrogens is 2. The van der Waals surface area contributed by atoms with Crippen molar-refractivity contribution >= 4 is 105 Å². The van der Waals surface area contributed by atoms with Crippen molar-refractivity contribution in [1.29, 1.82) is 0 Å². The molecule has 0 radical (unpaired) electrons. The fourth-order valence-corrected chi connectivity index (χ4v) is 9.19. The lowest BCUT2D eigenvalue weighted by Gasteiger charge is -2.07. The SMILES string of the molecule is Cc1ccc(S(=O)(=O)c2cc3c(Nc4ccc5c(c4)SC(=O)C5)ncnc3[nH]2)cc1.O=C1Cc2ccc(Nc3ncnc4[nH]c(Br)cc34)cc2S1. The monoisotopic (exact) mass is 796 g/mol. The lowest BCUT2D eigenvalue weighted by molar-refractivity contribution is -0.110. The lowest BCUT2D eigenvalue weighted by Crippen LogP contribution is -2.02. The number of sulfone groups is 1. The fourth-order valence-electron chi connectivity index (χ4n) is 5.66. The molecule has 6 heterocycles. The first-order valence-corrected chi connectivity index (χ1v) is 19.4. The van der Waals surface area contributed by atoms with Crippen molar-refractivity contribution in [3.05, 3.63) is 107 Å². The molecule has 4 N–H and O–H groups in total. The Labute approximate surface area is 307 Å². The Hall–Kier alpha value is -5.03. The smallest absolute Gasteiger partial charge is 0.221 e. The molecule has 7 aromatic rings. The van der Waals surface area contributed by atoms with E-state index >= 15 is 0 Å². The third-order valence-electron chi connectivity index (χ3n) is 8.19. The first-order valence-electron chi connectivity index (χ1n) is 15.4. The van der Waals surface area contributed by atoms with Crippen molar-refractivity contribution in [2.24, 2.45) is 0 Å². The number of hydrogen-bond donors (Lipinski definition) is 4. The van der Waals surface area contributed by atoms with Gasteiger partial charge < -0.3 is 20.6 Å². The van der Waals surface area contributed by atoms with E-state index in [0.717, 1.165) is 59.3 Å². The standard InChI is InChI=1S/C21H16N4O3S2.C14H9BrN4OS/c1-12-2-6-15(7-3-12)30(27,28)18-10-16-20(22-11-23-21(16)25-18)24-14-5-4-13-8-19(26)29-17(13)9-14;15-11-5-9-13(16-6-17-14(9)19-11)18-8-2-1-7-3-12(20)21-10(7)4-8/h2-7,9-11H,8H2,1H3,(H2,22,23,24,25);1-2,4-6H,3H2,(H2,16,17,18,19). The maximum Gasteiger partial charge on any atom is 0.221 e. The summed E-state index contributed by atoms with van der Waals surface area (Å²) in [5.74, 6) is 1.21.